The number of nitrogens with zero attached hydrogens (tertiary/aromatic N) is 3. The number of carbonyl (C=O) groups excluding carboxylic acids is 1. The van der Waals surface area contributed by atoms with Crippen molar-refractivity contribution in [1.82, 2.24) is 14.8 Å². The summed E-state index contributed by atoms with van der Waals surface area (Å²) in [5, 5.41) is 9.90. The number of hydrogen-bond acceptors (Lipinski definition) is 4. The normalized spacial score (nSPS) is 11.2. The van der Waals surface area contributed by atoms with Crippen molar-refractivity contribution in [3.05, 3.63) is 54.4 Å². The van der Waals surface area contributed by atoms with Crippen molar-refractivity contribution in [2.75, 3.05) is 5.73 Å². The number of nitrogens with two attached hydrogens (primary N) is 2. The molecule has 0 fully saturated rings. The second-order valence-electron chi connectivity index (χ2n) is 5.73. The van der Waals surface area contributed by atoms with Crippen LogP contribution in [0.5, 0.6) is 0 Å². The van der Waals surface area contributed by atoms with E-state index in [1.54, 1.807) is 0 Å². The number of aromatic nitrogens is 3. The summed E-state index contributed by atoms with van der Waals surface area (Å²) in [5.74, 6) is -0.682. The van der Waals surface area contributed by atoms with Gasteiger partial charge in [0.2, 0.25) is 0 Å². The summed E-state index contributed by atoms with van der Waals surface area (Å²) in [6.07, 6.45) is 2.02. The predicted octanol–water partition coefficient (Wildman–Crippen LogP) is 2.47. The summed E-state index contributed by atoms with van der Waals surface area (Å²) in [5.41, 5.74) is 15.3. The number of aryl methyl sites for hydroxylation is 1. The van der Waals surface area contributed by atoms with Gasteiger partial charge in [-0.25, -0.2) is 0 Å². The maximum Gasteiger partial charge on any atom is 0.271 e. The molecule has 24 heavy (non-hydrogen) atoms. The molecule has 0 unspecified atom stereocenters. The fourth-order valence-electron chi connectivity index (χ4n) is 3.01. The molecule has 1 amide bonds. The maximum atomic E-state index is 11.4. The minimum atomic E-state index is -0.682. The zero-order valence-electron chi connectivity index (χ0n) is 13.0. The van der Waals surface area contributed by atoms with E-state index in [-0.39, 0.29) is 11.4 Å². The first-order valence-corrected chi connectivity index (χ1v) is 7.46. The topological polar surface area (TPSA) is 99.8 Å². The van der Waals surface area contributed by atoms with Crippen LogP contribution in [-0.4, -0.2) is 20.7 Å². The third-order valence-electron chi connectivity index (χ3n) is 4.26. The lowest BCUT2D eigenvalue weighted by atomic mass is 10.00. The molecule has 0 aliphatic rings. The van der Waals surface area contributed by atoms with E-state index in [0.29, 0.717) is 10.9 Å². The molecule has 0 aliphatic carbocycles. The van der Waals surface area contributed by atoms with Crippen LogP contribution in [0.2, 0.25) is 0 Å². The van der Waals surface area contributed by atoms with E-state index in [1.807, 2.05) is 37.5 Å². The lowest BCUT2D eigenvalue weighted by Crippen LogP contribution is -2.16. The van der Waals surface area contributed by atoms with Crippen LogP contribution in [0.1, 0.15) is 10.5 Å². The van der Waals surface area contributed by atoms with Gasteiger partial charge in [-0.15, -0.1) is 10.2 Å². The van der Waals surface area contributed by atoms with Crippen molar-refractivity contribution in [1.29, 1.82) is 0 Å². The van der Waals surface area contributed by atoms with Crippen LogP contribution in [0.3, 0.4) is 0 Å². The number of hydrogen-bond donors (Lipinski definition) is 2. The van der Waals surface area contributed by atoms with Crippen LogP contribution in [0.25, 0.3) is 32.9 Å². The lowest BCUT2D eigenvalue weighted by Gasteiger charge is -2.09. The number of carbonyl (C=O) groups is 1. The summed E-state index contributed by atoms with van der Waals surface area (Å²) in [4.78, 5) is 11.4. The quantitative estimate of drug-likeness (QED) is 0.593. The molecule has 4 rings (SSSR count). The third kappa shape index (κ3) is 2.00. The number of benzene rings is 2. The van der Waals surface area contributed by atoms with E-state index in [4.69, 9.17) is 11.5 Å². The second-order valence-corrected chi connectivity index (χ2v) is 5.73. The SMILES string of the molecule is Cn1ccc2cc(-c3cccc4c(N)c(C(N)=O)nnc34)ccc21. The molecule has 6 heteroatoms. The largest absolute Gasteiger partial charge is 0.396 e. The molecule has 0 atom stereocenters. The van der Waals surface area contributed by atoms with E-state index in [1.165, 1.54) is 0 Å². The predicted molar refractivity (Wildman–Crippen MR) is 94.4 cm³/mol. The number of fused-ring (bicyclic) bond motifs is 2. The smallest absolute Gasteiger partial charge is 0.271 e. The van der Waals surface area contributed by atoms with Gasteiger partial charge < -0.3 is 16.0 Å². The first-order valence-electron chi connectivity index (χ1n) is 7.46. The van der Waals surface area contributed by atoms with E-state index < -0.39 is 5.91 Å². The Morgan fingerprint density at radius 2 is 1.96 bits per heavy atom. The average Bonchev–Trinajstić information content (AvgIpc) is 2.95. The van der Waals surface area contributed by atoms with Gasteiger partial charge in [0.05, 0.1) is 5.69 Å². The number of rotatable bonds is 2. The molecule has 4 N–H and O–H groups in total. The molecule has 2 heterocycles. The van der Waals surface area contributed by atoms with Crippen LogP contribution >= 0.6 is 0 Å². The number of amides is 1. The van der Waals surface area contributed by atoms with Crippen molar-refractivity contribution < 1.29 is 4.79 Å². The lowest BCUT2D eigenvalue weighted by molar-refractivity contribution is 0.0996. The first kappa shape index (κ1) is 14.2. The Hall–Kier alpha value is -3.41. The van der Waals surface area contributed by atoms with Gasteiger partial charge in [0.25, 0.3) is 5.91 Å². The number of nitrogen functional groups attached to an aromatic ring is 1. The highest BCUT2D eigenvalue weighted by Gasteiger charge is 2.15. The minimum absolute atomic E-state index is 0.00170. The van der Waals surface area contributed by atoms with E-state index >= 15 is 0 Å². The van der Waals surface area contributed by atoms with Crippen LogP contribution in [0.4, 0.5) is 5.69 Å². The zero-order chi connectivity index (χ0) is 16.8. The molecule has 0 spiro atoms. The van der Waals surface area contributed by atoms with Crippen molar-refractivity contribution in [3.8, 4) is 11.1 Å². The summed E-state index contributed by atoms with van der Waals surface area (Å²) < 4.78 is 2.07. The Bertz CT molecular complexity index is 1110. The maximum absolute atomic E-state index is 11.4. The van der Waals surface area contributed by atoms with E-state index in [2.05, 4.69) is 33.0 Å². The average molecular weight is 317 g/mol. The van der Waals surface area contributed by atoms with Crippen LogP contribution in [-0.2, 0) is 7.05 Å². The Balaban J connectivity index is 1.98. The first-order chi connectivity index (χ1) is 11.6. The standard InChI is InChI=1S/C18H15N5O/c1-23-8-7-11-9-10(5-6-14(11)23)12-3-2-4-13-15(19)17(18(20)24)22-21-16(12)13/h2-9H,1H3,(H2,19,21)(H2,20,24). The molecule has 2 aromatic heterocycles. The molecule has 118 valence electrons. The molecule has 0 aliphatic heterocycles. The third-order valence-corrected chi connectivity index (χ3v) is 4.26. The molecule has 0 radical (unpaired) electrons. The fourth-order valence-corrected chi connectivity index (χ4v) is 3.01. The van der Waals surface area contributed by atoms with Gasteiger partial charge in [-0.05, 0) is 23.8 Å². The van der Waals surface area contributed by atoms with Gasteiger partial charge in [0, 0.05) is 35.1 Å². The Kier molecular flexibility index (Phi) is 2.99. The van der Waals surface area contributed by atoms with Crippen molar-refractivity contribution in [3.63, 3.8) is 0 Å². The fraction of sp³-hybridized carbons (Fsp3) is 0.0556. The van der Waals surface area contributed by atoms with Gasteiger partial charge in [-0.2, -0.15) is 0 Å². The molecule has 4 aromatic rings. The number of primary amides is 1. The molecule has 6 nitrogen and oxygen atoms in total. The Morgan fingerprint density at radius 3 is 2.75 bits per heavy atom. The molecule has 0 saturated carbocycles. The van der Waals surface area contributed by atoms with Crippen LogP contribution in [0, 0.1) is 0 Å². The molecular weight excluding hydrogens is 302 g/mol. The van der Waals surface area contributed by atoms with Gasteiger partial charge in [-0.3, -0.25) is 4.79 Å². The highest BCUT2D eigenvalue weighted by molar-refractivity contribution is 6.07. The monoisotopic (exact) mass is 317 g/mol. The van der Waals surface area contributed by atoms with E-state index in [0.717, 1.165) is 22.0 Å². The summed E-state index contributed by atoms with van der Waals surface area (Å²) in [6, 6.07) is 13.9. The van der Waals surface area contributed by atoms with Crippen LogP contribution < -0.4 is 11.5 Å². The summed E-state index contributed by atoms with van der Waals surface area (Å²) in [7, 11) is 2.01. The highest BCUT2D eigenvalue weighted by atomic mass is 16.1. The molecular formula is C18H15N5O. The van der Waals surface area contributed by atoms with Gasteiger partial charge >= 0.3 is 0 Å². The molecule has 0 bridgehead atoms. The minimum Gasteiger partial charge on any atom is -0.396 e. The van der Waals surface area contributed by atoms with Crippen molar-refractivity contribution in [2.45, 2.75) is 0 Å². The van der Waals surface area contributed by atoms with Crippen LogP contribution in [0.15, 0.2) is 48.7 Å². The van der Waals surface area contributed by atoms with Gasteiger partial charge in [-0.1, -0.05) is 24.3 Å². The summed E-state index contributed by atoms with van der Waals surface area (Å²) in [6.45, 7) is 0. The highest BCUT2D eigenvalue weighted by Crippen LogP contribution is 2.32. The molecule has 0 saturated heterocycles. The molecule has 2 aromatic carbocycles. The number of anilines is 1. The van der Waals surface area contributed by atoms with Crippen molar-refractivity contribution in [2.24, 2.45) is 12.8 Å². The van der Waals surface area contributed by atoms with Gasteiger partial charge in [0.1, 0.15) is 5.52 Å². The Labute approximate surface area is 137 Å². The summed E-state index contributed by atoms with van der Waals surface area (Å²) >= 11 is 0. The zero-order valence-corrected chi connectivity index (χ0v) is 13.0. The van der Waals surface area contributed by atoms with Crippen molar-refractivity contribution >= 4 is 33.4 Å². The van der Waals surface area contributed by atoms with E-state index in [9.17, 15) is 4.79 Å². The second kappa shape index (κ2) is 5.06. The van der Waals surface area contributed by atoms with Gasteiger partial charge in [0.15, 0.2) is 5.69 Å². The Morgan fingerprint density at radius 1 is 1.12 bits per heavy atom.